The van der Waals surface area contributed by atoms with Crippen molar-refractivity contribution in [3.05, 3.63) is 70.8 Å². The van der Waals surface area contributed by atoms with Crippen molar-refractivity contribution in [1.29, 1.82) is 0 Å². The van der Waals surface area contributed by atoms with Gasteiger partial charge in [-0.3, -0.25) is 0 Å². The molecule has 0 unspecified atom stereocenters. The zero-order chi connectivity index (χ0) is 13.2. The van der Waals surface area contributed by atoms with Gasteiger partial charge in [-0.1, -0.05) is 42.5 Å². The summed E-state index contributed by atoms with van der Waals surface area (Å²) in [6.45, 7) is 2.18. The van der Waals surface area contributed by atoms with Crippen molar-refractivity contribution >= 4 is 29.5 Å². The molecule has 0 aliphatic heterocycles. The predicted molar refractivity (Wildman–Crippen MR) is 86.2 cm³/mol. The molecule has 3 rings (SSSR count). The number of fused-ring (bicyclic) bond motifs is 1. The van der Waals surface area contributed by atoms with E-state index in [1.807, 2.05) is 0 Å². The lowest BCUT2D eigenvalue weighted by Gasteiger charge is -2.04. The highest BCUT2D eigenvalue weighted by Gasteiger charge is 2.14. The summed E-state index contributed by atoms with van der Waals surface area (Å²) < 4.78 is 0. The van der Waals surface area contributed by atoms with E-state index in [0.29, 0.717) is 0 Å². The molecule has 0 N–H and O–H groups in total. The highest BCUT2D eigenvalue weighted by atomic mass is 32.2. The molecule has 0 nitrogen and oxygen atoms in total. The molecule has 1 aliphatic carbocycles. The molecule has 0 fully saturated rings. The first-order valence-corrected chi connectivity index (χ1v) is 7.64. The third-order valence-electron chi connectivity index (χ3n) is 3.47. The van der Waals surface area contributed by atoms with E-state index in [1.54, 1.807) is 11.8 Å². The normalized spacial score (nSPS) is 15.5. The molecule has 1 aliphatic rings. The number of rotatable bonds is 2. The molecule has 0 atom stereocenters. The molecule has 2 aromatic rings. The summed E-state index contributed by atoms with van der Waals surface area (Å²) in [5, 5.41) is 0. The van der Waals surface area contributed by atoms with Crippen LogP contribution in [0.1, 0.15) is 23.6 Å². The molecule has 0 heterocycles. The van der Waals surface area contributed by atoms with Gasteiger partial charge in [0, 0.05) is 4.90 Å². The molecule has 0 amide bonds. The molecule has 0 aromatic heterocycles. The topological polar surface area (TPSA) is 0 Å². The van der Waals surface area contributed by atoms with Crippen LogP contribution in [0.3, 0.4) is 0 Å². The minimum atomic E-state index is 1.26. The maximum absolute atomic E-state index is 2.28. The number of hydrogen-bond donors (Lipinski definition) is 0. The molecular weight excluding hydrogens is 248 g/mol. The van der Waals surface area contributed by atoms with Crippen LogP contribution in [0.4, 0.5) is 0 Å². The zero-order valence-electron chi connectivity index (χ0n) is 11.2. The quantitative estimate of drug-likeness (QED) is 0.657. The number of benzene rings is 2. The van der Waals surface area contributed by atoms with Gasteiger partial charge in [-0.25, -0.2) is 0 Å². The van der Waals surface area contributed by atoms with E-state index in [1.165, 1.54) is 32.7 Å². The van der Waals surface area contributed by atoms with Crippen LogP contribution in [-0.2, 0) is 0 Å². The summed E-state index contributed by atoms with van der Waals surface area (Å²) in [4.78, 5) is 1.31. The van der Waals surface area contributed by atoms with Crippen LogP contribution in [0.15, 0.2) is 59.0 Å². The zero-order valence-corrected chi connectivity index (χ0v) is 12.0. The van der Waals surface area contributed by atoms with Gasteiger partial charge in [0.15, 0.2) is 0 Å². The Morgan fingerprint density at radius 1 is 0.947 bits per heavy atom. The Bertz CT molecular complexity index is 660. The van der Waals surface area contributed by atoms with Gasteiger partial charge in [0.2, 0.25) is 0 Å². The first-order chi connectivity index (χ1) is 9.28. The van der Waals surface area contributed by atoms with Crippen LogP contribution < -0.4 is 0 Å². The third kappa shape index (κ3) is 2.39. The molecule has 0 saturated carbocycles. The summed E-state index contributed by atoms with van der Waals surface area (Å²) in [7, 11) is 0. The van der Waals surface area contributed by atoms with Crippen LogP contribution in [-0.4, -0.2) is 6.26 Å². The van der Waals surface area contributed by atoms with Gasteiger partial charge in [-0.05, 0) is 59.2 Å². The maximum Gasteiger partial charge on any atom is 0.00695 e. The average molecular weight is 264 g/mol. The number of thioether (sulfide) groups is 1. The lowest BCUT2D eigenvalue weighted by molar-refractivity contribution is 1.45. The van der Waals surface area contributed by atoms with Gasteiger partial charge in [-0.2, -0.15) is 0 Å². The summed E-state index contributed by atoms with van der Waals surface area (Å²) in [6, 6.07) is 17.3. The van der Waals surface area contributed by atoms with Crippen molar-refractivity contribution in [2.24, 2.45) is 0 Å². The Labute approximate surface area is 118 Å². The molecule has 94 valence electrons. The molecule has 0 saturated heterocycles. The fourth-order valence-corrected chi connectivity index (χ4v) is 2.86. The highest BCUT2D eigenvalue weighted by Crippen LogP contribution is 2.36. The van der Waals surface area contributed by atoms with E-state index in [2.05, 4.69) is 73.9 Å². The van der Waals surface area contributed by atoms with Crippen molar-refractivity contribution in [3.63, 3.8) is 0 Å². The van der Waals surface area contributed by atoms with Gasteiger partial charge < -0.3 is 0 Å². The Hall–Kier alpha value is -1.73. The SMILES string of the molecule is CSc1ccc(C=C2C(C)=Cc3ccccc32)cc1. The van der Waals surface area contributed by atoms with Crippen molar-refractivity contribution in [3.8, 4) is 0 Å². The first kappa shape index (κ1) is 12.3. The summed E-state index contributed by atoms with van der Waals surface area (Å²) >= 11 is 1.78. The molecule has 0 radical (unpaired) electrons. The van der Waals surface area contributed by atoms with Gasteiger partial charge in [0.05, 0.1) is 0 Å². The lowest BCUT2D eigenvalue weighted by atomic mass is 10.0. The third-order valence-corrected chi connectivity index (χ3v) is 4.22. The fourth-order valence-electron chi connectivity index (χ4n) is 2.45. The lowest BCUT2D eigenvalue weighted by Crippen LogP contribution is -1.83. The van der Waals surface area contributed by atoms with E-state index >= 15 is 0 Å². The second-order valence-corrected chi connectivity index (χ2v) is 5.63. The fraction of sp³-hybridized carbons (Fsp3) is 0.111. The summed E-state index contributed by atoms with van der Waals surface area (Å²) in [5.74, 6) is 0. The van der Waals surface area contributed by atoms with E-state index in [-0.39, 0.29) is 0 Å². The standard InChI is InChI=1S/C18H16S/c1-13-11-15-5-3-4-6-17(15)18(13)12-14-7-9-16(19-2)10-8-14/h3-12H,1-2H3. The van der Waals surface area contributed by atoms with Crippen LogP contribution in [0.2, 0.25) is 0 Å². The molecule has 0 spiro atoms. The van der Waals surface area contributed by atoms with Gasteiger partial charge in [0.25, 0.3) is 0 Å². The van der Waals surface area contributed by atoms with E-state index in [9.17, 15) is 0 Å². The van der Waals surface area contributed by atoms with Crippen LogP contribution in [0.5, 0.6) is 0 Å². The van der Waals surface area contributed by atoms with Crippen LogP contribution in [0.25, 0.3) is 17.7 Å². The predicted octanol–water partition coefficient (Wildman–Crippen LogP) is 5.37. The molecule has 19 heavy (non-hydrogen) atoms. The largest absolute Gasteiger partial charge is 0.130 e. The second-order valence-electron chi connectivity index (χ2n) is 4.75. The van der Waals surface area contributed by atoms with Gasteiger partial charge >= 0.3 is 0 Å². The average Bonchev–Trinajstić information content (AvgIpc) is 2.76. The van der Waals surface area contributed by atoms with Crippen molar-refractivity contribution in [1.82, 2.24) is 0 Å². The van der Waals surface area contributed by atoms with Crippen molar-refractivity contribution < 1.29 is 0 Å². The van der Waals surface area contributed by atoms with E-state index in [0.717, 1.165) is 0 Å². The smallest absolute Gasteiger partial charge is 0.00695 e. The molecule has 1 heteroatoms. The Morgan fingerprint density at radius 2 is 1.68 bits per heavy atom. The van der Waals surface area contributed by atoms with Crippen molar-refractivity contribution in [2.45, 2.75) is 11.8 Å². The van der Waals surface area contributed by atoms with Gasteiger partial charge in [-0.15, -0.1) is 11.8 Å². The summed E-state index contributed by atoms with van der Waals surface area (Å²) in [6.07, 6.45) is 6.65. The Balaban J connectivity index is 2.02. The van der Waals surface area contributed by atoms with Crippen LogP contribution in [0, 0.1) is 0 Å². The van der Waals surface area contributed by atoms with E-state index in [4.69, 9.17) is 0 Å². The number of hydrogen-bond acceptors (Lipinski definition) is 1. The monoisotopic (exact) mass is 264 g/mol. The van der Waals surface area contributed by atoms with E-state index < -0.39 is 0 Å². The Morgan fingerprint density at radius 3 is 2.42 bits per heavy atom. The van der Waals surface area contributed by atoms with Gasteiger partial charge in [0.1, 0.15) is 0 Å². The van der Waals surface area contributed by atoms with Crippen molar-refractivity contribution in [2.75, 3.05) is 6.26 Å². The minimum Gasteiger partial charge on any atom is -0.130 e. The Kier molecular flexibility index (Phi) is 3.31. The minimum absolute atomic E-state index is 1.26. The first-order valence-electron chi connectivity index (χ1n) is 6.42. The highest BCUT2D eigenvalue weighted by molar-refractivity contribution is 7.98. The molecular formula is C18H16S. The number of allylic oxidation sites excluding steroid dienone is 2. The van der Waals surface area contributed by atoms with Crippen LogP contribution >= 0.6 is 11.8 Å². The maximum atomic E-state index is 2.28. The second kappa shape index (κ2) is 5.10. The summed E-state index contributed by atoms with van der Waals surface area (Å²) in [5.41, 5.74) is 6.61. The molecule has 2 aromatic carbocycles. The molecule has 0 bridgehead atoms.